The number of nitrogens with zero attached hydrogens (tertiary/aromatic N) is 1. The van der Waals surface area contributed by atoms with Crippen LogP contribution in [0.15, 0.2) is 97.2 Å². The van der Waals surface area contributed by atoms with Crippen LogP contribution >= 0.6 is 0 Å². The molecule has 0 aliphatic carbocycles. The first-order valence-corrected chi connectivity index (χ1v) is 11.2. The van der Waals surface area contributed by atoms with Gasteiger partial charge in [0, 0.05) is 39.6 Å². The Morgan fingerprint density at radius 3 is 2.50 bits per heavy atom. The topological polar surface area (TPSA) is 19.0 Å². The Labute approximate surface area is 187 Å². The molecule has 0 radical (unpaired) electrons. The molecule has 1 aromatic heterocycles. The van der Waals surface area contributed by atoms with Crippen LogP contribution in [-0.2, 0) is 0 Å². The Balaban J connectivity index is 1.65. The van der Waals surface area contributed by atoms with Gasteiger partial charge in [-0.15, -0.1) is 0 Å². The summed E-state index contributed by atoms with van der Waals surface area (Å²) in [5.74, 6) is 0. The number of aromatic amines is 1. The zero-order valence-electron chi connectivity index (χ0n) is 17.8. The molecule has 5 aromatic rings. The Bertz CT molecular complexity index is 1540. The average molecular weight is 411 g/mol. The fourth-order valence-electron chi connectivity index (χ4n) is 5.52. The van der Waals surface area contributed by atoms with E-state index in [-0.39, 0.29) is 6.04 Å². The second-order valence-electron chi connectivity index (χ2n) is 8.79. The van der Waals surface area contributed by atoms with Crippen molar-refractivity contribution in [2.45, 2.75) is 13.0 Å². The van der Waals surface area contributed by atoms with Gasteiger partial charge >= 0.3 is 0 Å². The van der Waals surface area contributed by atoms with E-state index in [1.54, 1.807) is 0 Å². The summed E-state index contributed by atoms with van der Waals surface area (Å²) in [5, 5.41) is 1.33. The third kappa shape index (κ3) is 2.35. The number of nitrogens with one attached hydrogen (secondary N) is 1. The summed E-state index contributed by atoms with van der Waals surface area (Å²) in [6.07, 6.45) is 4.57. The number of anilines is 1. The summed E-state index contributed by atoms with van der Waals surface area (Å²) in [6.45, 7) is 2.18. The lowest BCUT2D eigenvalue weighted by atomic mass is 9.87. The lowest BCUT2D eigenvalue weighted by Gasteiger charge is -2.39. The van der Waals surface area contributed by atoms with Crippen LogP contribution in [0.25, 0.3) is 33.8 Å². The van der Waals surface area contributed by atoms with E-state index in [1.165, 1.54) is 61.2 Å². The van der Waals surface area contributed by atoms with Crippen molar-refractivity contribution in [2.24, 2.45) is 0 Å². The van der Waals surface area contributed by atoms with E-state index in [0.29, 0.717) is 0 Å². The van der Waals surface area contributed by atoms with Crippen LogP contribution in [-0.4, -0.2) is 4.98 Å². The van der Waals surface area contributed by atoms with Gasteiger partial charge in [-0.25, -0.2) is 0 Å². The van der Waals surface area contributed by atoms with Crippen molar-refractivity contribution in [1.29, 1.82) is 0 Å². The molecular formula is C30H22N2. The normalized spacial score (nSPS) is 16.1. The highest BCUT2D eigenvalue weighted by Gasteiger charge is 2.37. The monoisotopic (exact) mass is 410 g/mol. The van der Waals surface area contributed by atoms with Crippen molar-refractivity contribution in [1.82, 2.24) is 4.98 Å². The van der Waals surface area contributed by atoms with Gasteiger partial charge in [-0.05, 0) is 53.5 Å². The van der Waals surface area contributed by atoms with E-state index in [4.69, 9.17) is 0 Å². The highest BCUT2D eigenvalue weighted by molar-refractivity contribution is 6.07. The molecule has 2 nitrogen and oxygen atoms in total. The van der Waals surface area contributed by atoms with Crippen LogP contribution in [0.2, 0.25) is 0 Å². The second-order valence-corrected chi connectivity index (χ2v) is 8.79. The molecule has 0 bridgehead atoms. The number of hydrogen-bond donors (Lipinski definition) is 1. The van der Waals surface area contributed by atoms with Crippen LogP contribution in [0.5, 0.6) is 0 Å². The fourth-order valence-corrected chi connectivity index (χ4v) is 5.52. The Morgan fingerprint density at radius 2 is 1.59 bits per heavy atom. The van der Waals surface area contributed by atoms with Crippen molar-refractivity contribution in [3.63, 3.8) is 0 Å². The molecule has 0 spiro atoms. The first-order chi connectivity index (χ1) is 15.8. The molecule has 0 saturated heterocycles. The molecule has 0 saturated carbocycles. The van der Waals surface area contributed by atoms with Crippen LogP contribution in [0, 0.1) is 6.92 Å². The molecule has 1 N–H and O–H groups in total. The van der Waals surface area contributed by atoms with E-state index >= 15 is 0 Å². The van der Waals surface area contributed by atoms with Gasteiger partial charge in [0.1, 0.15) is 0 Å². The quantitative estimate of drug-likeness (QED) is 0.302. The number of rotatable bonds is 1. The molecule has 4 aromatic carbocycles. The number of hydrogen-bond acceptors (Lipinski definition) is 1. The molecule has 152 valence electrons. The molecule has 7 rings (SSSR count). The third-order valence-electron chi connectivity index (χ3n) is 6.90. The minimum atomic E-state index is 0.102. The Morgan fingerprint density at radius 1 is 0.750 bits per heavy atom. The van der Waals surface area contributed by atoms with E-state index in [2.05, 4.69) is 120 Å². The van der Waals surface area contributed by atoms with Crippen LogP contribution in [0.3, 0.4) is 0 Å². The predicted molar refractivity (Wildman–Crippen MR) is 134 cm³/mol. The number of fused-ring (bicyclic) bond motifs is 7. The molecule has 1 unspecified atom stereocenters. The molecule has 3 heterocycles. The van der Waals surface area contributed by atoms with Crippen molar-refractivity contribution < 1.29 is 0 Å². The molecule has 2 heteroatoms. The summed E-state index contributed by atoms with van der Waals surface area (Å²) in [6, 6.07) is 33.2. The van der Waals surface area contributed by atoms with Crippen LogP contribution in [0.1, 0.15) is 33.9 Å². The van der Waals surface area contributed by atoms with Gasteiger partial charge in [-0.3, -0.25) is 0 Å². The van der Waals surface area contributed by atoms with E-state index < -0.39 is 0 Å². The summed E-state index contributed by atoms with van der Waals surface area (Å²) < 4.78 is 0. The summed E-state index contributed by atoms with van der Waals surface area (Å²) in [4.78, 5) is 6.12. The largest absolute Gasteiger partial charge is 0.361 e. The Hall–Kier alpha value is -4.04. The molecule has 2 aliphatic heterocycles. The van der Waals surface area contributed by atoms with E-state index in [1.807, 2.05) is 0 Å². The maximum Gasteiger partial charge on any atom is 0.0871 e. The molecular weight excluding hydrogens is 388 g/mol. The molecule has 0 amide bonds. The van der Waals surface area contributed by atoms with Gasteiger partial charge in [0.05, 0.1) is 6.04 Å². The number of aryl methyl sites for hydroxylation is 1. The summed E-state index contributed by atoms with van der Waals surface area (Å²) in [7, 11) is 0. The van der Waals surface area contributed by atoms with Gasteiger partial charge in [0.25, 0.3) is 0 Å². The SMILES string of the molecule is Cc1ccc2c(c1)-c1cccc3[nH]cc(c13)C1c3ccccc3C=C(c3ccccc3)N21. The van der Waals surface area contributed by atoms with Crippen LogP contribution < -0.4 is 4.90 Å². The first-order valence-electron chi connectivity index (χ1n) is 11.2. The second kappa shape index (κ2) is 6.48. The van der Waals surface area contributed by atoms with Crippen molar-refractivity contribution in [2.75, 3.05) is 4.90 Å². The predicted octanol–water partition coefficient (Wildman–Crippen LogP) is 7.56. The van der Waals surface area contributed by atoms with Crippen LogP contribution in [0.4, 0.5) is 5.69 Å². The van der Waals surface area contributed by atoms with Crippen molar-refractivity contribution in [3.8, 4) is 11.1 Å². The Kier molecular flexibility index (Phi) is 3.57. The van der Waals surface area contributed by atoms with Gasteiger partial charge in [-0.1, -0.05) is 78.4 Å². The maximum atomic E-state index is 3.57. The van der Waals surface area contributed by atoms with Gasteiger partial charge in [-0.2, -0.15) is 0 Å². The van der Waals surface area contributed by atoms with Gasteiger partial charge in [0.15, 0.2) is 0 Å². The number of H-pyrrole nitrogens is 1. The highest BCUT2D eigenvalue weighted by Crippen LogP contribution is 2.53. The van der Waals surface area contributed by atoms with Crippen molar-refractivity contribution in [3.05, 3.63) is 125 Å². The maximum absolute atomic E-state index is 3.57. The van der Waals surface area contributed by atoms with E-state index in [0.717, 1.165) is 0 Å². The average Bonchev–Trinajstić information content (AvgIpc) is 3.22. The lowest BCUT2D eigenvalue weighted by molar-refractivity contribution is 0.826. The fraction of sp³-hybridized carbons (Fsp3) is 0.0667. The highest BCUT2D eigenvalue weighted by atomic mass is 15.2. The summed E-state index contributed by atoms with van der Waals surface area (Å²) >= 11 is 0. The van der Waals surface area contributed by atoms with E-state index in [9.17, 15) is 0 Å². The molecule has 0 fully saturated rings. The van der Waals surface area contributed by atoms with Gasteiger partial charge < -0.3 is 9.88 Å². The zero-order chi connectivity index (χ0) is 21.2. The van der Waals surface area contributed by atoms with Crippen molar-refractivity contribution >= 4 is 28.4 Å². The third-order valence-corrected chi connectivity index (χ3v) is 6.90. The molecule has 2 aliphatic rings. The minimum absolute atomic E-state index is 0.102. The zero-order valence-corrected chi connectivity index (χ0v) is 17.8. The molecule has 32 heavy (non-hydrogen) atoms. The summed E-state index contributed by atoms with van der Waals surface area (Å²) in [5.41, 5.74) is 12.8. The minimum Gasteiger partial charge on any atom is -0.361 e. The smallest absolute Gasteiger partial charge is 0.0871 e. The standard InChI is InChI=1S/C30H22N2/c1-19-14-15-27-24(16-19)23-12-7-13-26-29(23)25(18-31-26)30-22-11-6-5-10-21(22)17-28(32(27)30)20-8-3-2-4-9-20/h2-18,30-31H,1H3. The first kappa shape index (κ1) is 17.6. The lowest BCUT2D eigenvalue weighted by Crippen LogP contribution is -2.31. The molecule has 1 atom stereocenters. The van der Waals surface area contributed by atoms with Gasteiger partial charge in [0.2, 0.25) is 0 Å². The number of benzene rings is 4. The number of aromatic nitrogens is 1.